The molecule has 0 unspecified atom stereocenters. The Kier molecular flexibility index (Phi) is 3.58. The molecule has 3 N–H and O–H groups in total. The van der Waals surface area contributed by atoms with Gasteiger partial charge in [-0.3, -0.25) is 0 Å². The SMILES string of the molecule is Oc1ccc(Br)cc1C=NNc1nnc2c(n1)[nH]c1ccccc12. The number of aromatic amines is 1. The van der Waals surface area contributed by atoms with Crippen molar-refractivity contribution in [2.75, 3.05) is 5.43 Å². The van der Waals surface area contributed by atoms with Gasteiger partial charge in [0.25, 0.3) is 5.95 Å². The number of phenolic OH excluding ortho intramolecular Hbond substituents is 1. The highest BCUT2D eigenvalue weighted by Crippen LogP contribution is 2.22. The highest BCUT2D eigenvalue weighted by Gasteiger charge is 2.08. The molecule has 0 aliphatic carbocycles. The molecule has 0 aliphatic heterocycles. The van der Waals surface area contributed by atoms with E-state index in [1.165, 1.54) is 6.21 Å². The largest absolute Gasteiger partial charge is 0.507 e. The average Bonchev–Trinajstić information content (AvgIpc) is 2.96. The first-order valence-corrected chi connectivity index (χ1v) is 7.89. The Labute approximate surface area is 144 Å². The van der Waals surface area contributed by atoms with Crippen molar-refractivity contribution in [2.24, 2.45) is 5.10 Å². The molecule has 0 amide bonds. The molecule has 4 rings (SSSR count). The zero-order chi connectivity index (χ0) is 16.5. The molecule has 0 saturated heterocycles. The number of para-hydroxylation sites is 1. The number of halogens is 1. The number of fused-ring (bicyclic) bond motifs is 3. The van der Waals surface area contributed by atoms with E-state index in [1.807, 2.05) is 24.3 Å². The number of hydrogen-bond acceptors (Lipinski definition) is 6. The summed E-state index contributed by atoms with van der Waals surface area (Å²) in [5, 5.41) is 23.0. The number of phenols is 1. The molecule has 7 nitrogen and oxygen atoms in total. The minimum Gasteiger partial charge on any atom is -0.507 e. The molecule has 0 aliphatic rings. The molecule has 4 aromatic rings. The number of hydrazone groups is 1. The fourth-order valence-corrected chi connectivity index (χ4v) is 2.74. The zero-order valence-electron chi connectivity index (χ0n) is 12.2. The average molecular weight is 383 g/mol. The standard InChI is InChI=1S/C16H11BrN6O/c17-10-5-6-13(24)9(7-10)8-18-22-16-20-15-14(21-23-16)11-3-1-2-4-12(11)19-15/h1-8,24H,(H2,19,20,22,23). The first kappa shape index (κ1) is 14.6. The first-order chi connectivity index (χ1) is 11.7. The number of aromatic hydroxyl groups is 1. The van der Waals surface area contributed by atoms with Crippen LogP contribution in [0, 0.1) is 0 Å². The van der Waals surface area contributed by atoms with Gasteiger partial charge in [-0.05, 0) is 24.3 Å². The van der Waals surface area contributed by atoms with Crippen molar-refractivity contribution < 1.29 is 5.11 Å². The summed E-state index contributed by atoms with van der Waals surface area (Å²) in [4.78, 5) is 7.55. The van der Waals surface area contributed by atoms with Crippen LogP contribution in [-0.2, 0) is 0 Å². The summed E-state index contributed by atoms with van der Waals surface area (Å²) in [6, 6.07) is 12.9. The maximum absolute atomic E-state index is 9.77. The van der Waals surface area contributed by atoms with Crippen LogP contribution in [0.4, 0.5) is 5.95 Å². The molecule has 0 fully saturated rings. The normalized spacial score (nSPS) is 11.5. The molecular weight excluding hydrogens is 372 g/mol. The Hall–Kier alpha value is -3.00. The van der Waals surface area contributed by atoms with Crippen molar-refractivity contribution in [3.05, 3.63) is 52.5 Å². The molecular formula is C16H11BrN6O. The predicted molar refractivity (Wildman–Crippen MR) is 96.2 cm³/mol. The van der Waals surface area contributed by atoms with Gasteiger partial charge < -0.3 is 10.1 Å². The highest BCUT2D eigenvalue weighted by atomic mass is 79.9. The van der Waals surface area contributed by atoms with Crippen molar-refractivity contribution in [3.8, 4) is 5.75 Å². The topological polar surface area (TPSA) is 99.1 Å². The van der Waals surface area contributed by atoms with E-state index in [2.05, 4.69) is 46.6 Å². The lowest BCUT2D eigenvalue weighted by atomic mass is 10.2. The lowest BCUT2D eigenvalue weighted by molar-refractivity contribution is 0.474. The van der Waals surface area contributed by atoms with E-state index in [9.17, 15) is 5.11 Å². The van der Waals surface area contributed by atoms with Gasteiger partial charge in [-0.25, -0.2) is 5.43 Å². The number of H-pyrrole nitrogens is 1. The van der Waals surface area contributed by atoms with Crippen molar-refractivity contribution in [3.63, 3.8) is 0 Å². The molecule has 0 radical (unpaired) electrons. The van der Waals surface area contributed by atoms with Crippen LogP contribution in [0.3, 0.4) is 0 Å². The Morgan fingerprint density at radius 3 is 2.96 bits per heavy atom. The fourth-order valence-electron chi connectivity index (χ4n) is 2.36. The number of hydrogen-bond donors (Lipinski definition) is 3. The highest BCUT2D eigenvalue weighted by molar-refractivity contribution is 9.10. The summed E-state index contributed by atoms with van der Waals surface area (Å²) in [5.74, 6) is 0.397. The molecule has 0 bridgehead atoms. The lowest BCUT2D eigenvalue weighted by Gasteiger charge is -2.00. The predicted octanol–water partition coefficient (Wildman–Crippen LogP) is 3.42. The van der Waals surface area contributed by atoms with Gasteiger partial charge >= 0.3 is 0 Å². The van der Waals surface area contributed by atoms with E-state index in [0.717, 1.165) is 15.4 Å². The van der Waals surface area contributed by atoms with Crippen LogP contribution >= 0.6 is 15.9 Å². The number of aromatic nitrogens is 4. The third-order valence-electron chi connectivity index (χ3n) is 3.48. The molecule has 2 heterocycles. The van der Waals surface area contributed by atoms with Crippen LogP contribution in [0.2, 0.25) is 0 Å². The van der Waals surface area contributed by atoms with Crippen molar-refractivity contribution in [2.45, 2.75) is 0 Å². The summed E-state index contributed by atoms with van der Waals surface area (Å²) in [5.41, 5.74) is 5.58. The van der Waals surface area contributed by atoms with E-state index in [-0.39, 0.29) is 11.7 Å². The number of nitrogens with zero attached hydrogens (tertiary/aromatic N) is 4. The second kappa shape index (κ2) is 5.89. The number of benzene rings is 2. The minimum atomic E-state index is 0.133. The quantitative estimate of drug-likeness (QED) is 0.372. The van der Waals surface area contributed by atoms with Crippen LogP contribution in [0.15, 0.2) is 52.0 Å². The summed E-state index contributed by atoms with van der Waals surface area (Å²) >= 11 is 3.34. The monoisotopic (exact) mass is 382 g/mol. The van der Waals surface area contributed by atoms with Crippen LogP contribution in [0.5, 0.6) is 5.75 Å². The maximum atomic E-state index is 9.77. The van der Waals surface area contributed by atoms with Crippen molar-refractivity contribution >= 4 is 50.2 Å². The van der Waals surface area contributed by atoms with Crippen LogP contribution in [-0.4, -0.2) is 31.5 Å². The van der Waals surface area contributed by atoms with Gasteiger partial charge in [0.05, 0.1) is 6.21 Å². The number of anilines is 1. The molecule has 0 atom stereocenters. The summed E-state index contributed by atoms with van der Waals surface area (Å²) < 4.78 is 0.846. The number of rotatable bonds is 3. The van der Waals surface area contributed by atoms with Gasteiger partial charge in [-0.1, -0.05) is 34.1 Å². The number of nitrogens with one attached hydrogen (secondary N) is 2. The molecule has 2 aromatic carbocycles. The van der Waals surface area contributed by atoms with Crippen molar-refractivity contribution in [1.29, 1.82) is 0 Å². The minimum absolute atomic E-state index is 0.133. The molecule has 24 heavy (non-hydrogen) atoms. The van der Waals surface area contributed by atoms with Gasteiger partial charge in [-0.2, -0.15) is 10.1 Å². The molecule has 0 saturated carbocycles. The maximum Gasteiger partial charge on any atom is 0.265 e. The van der Waals surface area contributed by atoms with Crippen LogP contribution in [0.25, 0.3) is 22.1 Å². The molecule has 118 valence electrons. The second-order valence-electron chi connectivity index (χ2n) is 5.08. The third kappa shape index (κ3) is 2.67. The van der Waals surface area contributed by atoms with Gasteiger partial charge in [0.15, 0.2) is 5.65 Å². The molecule has 2 aromatic heterocycles. The molecule has 8 heteroatoms. The summed E-state index contributed by atoms with van der Waals surface area (Å²) in [7, 11) is 0. The van der Waals surface area contributed by atoms with Crippen LogP contribution in [0.1, 0.15) is 5.56 Å². The van der Waals surface area contributed by atoms with E-state index < -0.39 is 0 Å². The Bertz CT molecular complexity index is 1070. The zero-order valence-corrected chi connectivity index (χ0v) is 13.8. The molecule has 0 spiro atoms. The third-order valence-corrected chi connectivity index (χ3v) is 3.97. The second-order valence-corrected chi connectivity index (χ2v) is 5.99. The Morgan fingerprint density at radius 2 is 2.04 bits per heavy atom. The van der Waals surface area contributed by atoms with Crippen molar-refractivity contribution in [1.82, 2.24) is 20.2 Å². The van der Waals surface area contributed by atoms with Gasteiger partial charge in [0, 0.05) is 20.9 Å². The van der Waals surface area contributed by atoms with E-state index in [1.54, 1.807) is 18.2 Å². The summed E-state index contributed by atoms with van der Waals surface area (Å²) in [6.07, 6.45) is 1.48. The first-order valence-electron chi connectivity index (χ1n) is 7.09. The van der Waals surface area contributed by atoms with Gasteiger partial charge in [0.2, 0.25) is 0 Å². The van der Waals surface area contributed by atoms with E-state index in [4.69, 9.17) is 0 Å². The van der Waals surface area contributed by atoms with E-state index in [0.29, 0.717) is 16.7 Å². The van der Waals surface area contributed by atoms with Gasteiger partial charge in [-0.15, -0.1) is 10.2 Å². The Balaban J connectivity index is 1.61. The fraction of sp³-hybridized carbons (Fsp3) is 0. The van der Waals surface area contributed by atoms with E-state index >= 15 is 0 Å². The van der Waals surface area contributed by atoms with Gasteiger partial charge in [0.1, 0.15) is 11.3 Å². The van der Waals surface area contributed by atoms with Crippen LogP contribution < -0.4 is 5.43 Å². The summed E-state index contributed by atoms with van der Waals surface area (Å²) in [6.45, 7) is 0. The Morgan fingerprint density at radius 1 is 1.17 bits per heavy atom. The smallest absolute Gasteiger partial charge is 0.265 e. The lowest BCUT2D eigenvalue weighted by Crippen LogP contribution is -1.99.